The summed E-state index contributed by atoms with van der Waals surface area (Å²) >= 11 is 3.61. The fourth-order valence-electron chi connectivity index (χ4n) is 10.3. The third-order valence-electron chi connectivity index (χ3n) is 13.9. The molecule has 358 valence electrons. The monoisotopic (exact) mass is 1010 g/mol. The van der Waals surface area contributed by atoms with Gasteiger partial charge in [0, 0.05) is 64.3 Å². The van der Waals surface area contributed by atoms with Crippen molar-refractivity contribution in [3.8, 4) is 78.9 Å². The zero-order valence-corrected chi connectivity index (χ0v) is 42.5. The maximum absolute atomic E-state index is 5.54. The zero-order chi connectivity index (χ0) is 50.4. The highest BCUT2D eigenvalue weighted by Gasteiger charge is 2.29. The topological polar surface area (TPSA) is 58.0 Å². The van der Waals surface area contributed by atoms with E-state index in [0.717, 1.165) is 101 Å². The molecule has 0 N–H and O–H groups in total. The van der Waals surface area contributed by atoms with E-state index >= 15 is 0 Å². The van der Waals surface area contributed by atoms with Crippen LogP contribution in [0.25, 0.3) is 78.9 Å². The molecule has 0 fully saturated rings. The average Bonchev–Trinajstić information content (AvgIpc) is 3.51. The van der Waals surface area contributed by atoms with Gasteiger partial charge < -0.3 is 9.80 Å². The Morgan fingerprint density at radius 3 is 0.868 bits per heavy atom. The van der Waals surface area contributed by atoms with E-state index in [1.54, 1.807) is 23.5 Å². The number of aromatic nitrogens is 4. The van der Waals surface area contributed by atoms with Gasteiger partial charge in [0.25, 0.3) is 0 Å². The van der Waals surface area contributed by atoms with Crippen LogP contribution in [-0.2, 0) is 0 Å². The molecule has 0 bridgehead atoms. The fourth-order valence-corrected chi connectivity index (χ4v) is 12.4. The van der Waals surface area contributed by atoms with Gasteiger partial charge in [0.15, 0.2) is 11.6 Å². The van der Waals surface area contributed by atoms with E-state index in [0.29, 0.717) is 11.6 Å². The molecule has 4 heterocycles. The Kier molecular flexibility index (Phi) is 11.6. The van der Waals surface area contributed by atoms with E-state index in [2.05, 4.69) is 228 Å². The summed E-state index contributed by atoms with van der Waals surface area (Å²) in [5, 5.41) is 0. The SMILES string of the molecule is c1ccc(-c2cc(-c3cc(N4c5ccccc5Sc5ccccc54)ccc3-c3ccc(N4c5ccccc5Sc5ccccc54)cc3-c3cc(-c4ccccc4)nc(-c4ccccc4)n3)nc(-c3ccccc3)n2)cc1. The molecule has 0 radical (unpaired) electrons. The Morgan fingerprint density at radius 1 is 0.237 bits per heavy atom. The van der Waals surface area contributed by atoms with Crippen molar-refractivity contribution in [2.45, 2.75) is 19.6 Å². The maximum Gasteiger partial charge on any atom is 0.160 e. The van der Waals surface area contributed by atoms with Gasteiger partial charge in [-0.15, -0.1) is 0 Å². The summed E-state index contributed by atoms with van der Waals surface area (Å²) in [7, 11) is 0. The van der Waals surface area contributed by atoms with Crippen molar-refractivity contribution in [2.24, 2.45) is 0 Å². The van der Waals surface area contributed by atoms with Crippen LogP contribution in [-0.4, -0.2) is 19.9 Å². The zero-order valence-electron chi connectivity index (χ0n) is 40.9. The Hall–Kier alpha value is -9.34. The summed E-state index contributed by atoms with van der Waals surface area (Å²) in [5.74, 6) is 1.29. The van der Waals surface area contributed by atoms with E-state index in [4.69, 9.17) is 19.9 Å². The summed E-state index contributed by atoms with van der Waals surface area (Å²) in [4.78, 5) is 31.2. The van der Waals surface area contributed by atoms with Gasteiger partial charge in [0.05, 0.1) is 45.5 Å². The van der Waals surface area contributed by atoms with Gasteiger partial charge in [-0.2, -0.15) is 0 Å². The minimum atomic E-state index is 0.644. The molecule has 2 aliphatic rings. The van der Waals surface area contributed by atoms with E-state index in [1.165, 1.54) is 19.6 Å². The minimum Gasteiger partial charge on any atom is -0.308 e. The van der Waals surface area contributed by atoms with Crippen LogP contribution >= 0.6 is 23.5 Å². The quantitative estimate of drug-likeness (QED) is 0.142. The third kappa shape index (κ3) is 8.40. The number of fused-ring (bicyclic) bond motifs is 4. The van der Waals surface area contributed by atoms with Crippen LogP contribution in [0.5, 0.6) is 0 Å². The van der Waals surface area contributed by atoms with Crippen molar-refractivity contribution in [1.29, 1.82) is 0 Å². The Balaban J connectivity index is 1.07. The second-order valence-corrected chi connectivity index (χ2v) is 20.8. The average molecular weight is 1010 g/mol. The smallest absolute Gasteiger partial charge is 0.160 e. The first-order chi connectivity index (χ1) is 37.7. The van der Waals surface area contributed by atoms with Crippen LogP contribution in [0.1, 0.15) is 0 Å². The predicted molar refractivity (Wildman–Crippen MR) is 313 cm³/mol. The molecule has 0 saturated carbocycles. The van der Waals surface area contributed by atoms with Crippen molar-refractivity contribution in [2.75, 3.05) is 9.80 Å². The van der Waals surface area contributed by atoms with Crippen LogP contribution in [0.15, 0.2) is 287 Å². The molecule has 0 atom stereocenters. The van der Waals surface area contributed by atoms with Crippen molar-refractivity contribution in [3.05, 3.63) is 267 Å². The standard InChI is InChI=1S/C68H44N6S2/c1-5-21-45(22-6-1)55-43-57(71-67(69-55)47-25-9-3-10-26-47)53-41-49(73-59-29-13-17-33-63(59)75-64-34-18-14-30-60(64)73)37-39-51(53)52-40-38-50(74-61-31-15-19-35-65(61)76-66-36-20-16-32-62(66)74)42-54(52)58-44-56(46-23-7-2-8-24-46)70-68(72-58)48-27-11-4-12-28-48/h1-44H. The highest BCUT2D eigenvalue weighted by Crippen LogP contribution is 2.55. The lowest BCUT2D eigenvalue weighted by Crippen LogP contribution is -2.15. The Labute approximate surface area is 450 Å². The number of rotatable bonds is 9. The van der Waals surface area contributed by atoms with Gasteiger partial charge in [-0.1, -0.05) is 206 Å². The first-order valence-electron chi connectivity index (χ1n) is 25.3. The number of anilines is 6. The summed E-state index contributed by atoms with van der Waals surface area (Å²) in [6.07, 6.45) is 0. The number of hydrogen-bond acceptors (Lipinski definition) is 8. The summed E-state index contributed by atoms with van der Waals surface area (Å²) in [6, 6.07) is 94.1. The van der Waals surface area contributed by atoms with Gasteiger partial charge in [-0.25, -0.2) is 19.9 Å². The molecule has 8 heteroatoms. The lowest BCUT2D eigenvalue weighted by atomic mass is 9.90. The normalized spacial score (nSPS) is 12.3. The molecule has 2 aliphatic heterocycles. The molecular weight excluding hydrogens is 965 g/mol. The summed E-state index contributed by atoms with van der Waals surface area (Å²) < 4.78 is 0. The molecule has 14 rings (SSSR count). The molecule has 12 aromatic rings. The molecule has 0 amide bonds. The first kappa shape index (κ1) is 45.3. The van der Waals surface area contributed by atoms with Gasteiger partial charge in [0.2, 0.25) is 0 Å². The van der Waals surface area contributed by atoms with Gasteiger partial charge in [-0.3, -0.25) is 0 Å². The Morgan fingerprint density at radius 2 is 0.526 bits per heavy atom. The van der Waals surface area contributed by atoms with Crippen molar-refractivity contribution in [3.63, 3.8) is 0 Å². The lowest BCUT2D eigenvalue weighted by molar-refractivity contribution is 1.16. The maximum atomic E-state index is 5.54. The summed E-state index contributed by atoms with van der Waals surface area (Å²) in [6.45, 7) is 0. The number of benzene rings is 10. The Bertz CT molecular complexity index is 3660. The first-order valence-corrected chi connectivity index (χ1v) is 26.9. The van der Waals surface area contributed by atoms with E-state index in [1.807, 2.05) is 48.5 Å². The molecule has 0 spiro atoms. The third-order valence-corrected chi connectivity index (χ3v) is 16.1. The highest BCUT2D eigenvalue weighted by atomic mass is 32.2. The van der Waals surface area contributed by atoms with Crippen LogP contribution < -0.4 is 9.80 Å². The van der Waals surface area contributed by atoms with E-state index in [-0.39, 0.29) is 0 Å². The molecule has 2 aromatic heterocycles. The predicted octanol–water partition coefficient (Wildman–Crippen LogP) is 18.8. The molecular formula is C68H44N6S2. The van der Waals surface area contributed by atoms with Crippen LogP contribution in [0, 0.1) is 0 Å². The van der Waals surface area contributed by atoms with E-state index < -0.39 is 0 Å². The molecule has 0 saturated heterocycles. The highest BCUT2D eigenvalue weighted by molar-refractivity contribution is 8.00. The van der Waals surface area contributed by atoms with Crippen molar-refractivity contribution >= 4 is 57.6 Å². The number of nitrogens with zero attached hydrogens (tertiary/aromatic N) is 6. The molecule has 76 heavy (non-hydrogen) atoms. The molecule has 0 unspecified atom stereocenters. The van der Waals surface area contributed by atoms with Crippen molar-refractivity contribution < 1.29 is 0 Å². The van der Waals surface area contributed by atoms with Crippen LogP contribution in [0.2, 0.25) is 0 Å². The fraction of sp³-hybridized carbons (Fsp3) is 0. The lowest BCUT2D eigenvalue weighted by Gasteiger charge is -2.34. The number of hydrogen-bond donors (Lipinski definition) is 0. The van der Waals surface area contributed by atoms with Gasteiger partial charge in [-0.05, 0) is 96.1 Å². The minimum absolute atomic E-state index is 0.644. The van der Waals surface area contributed by atoms with Gasteiger partial charge in [0.1, 0.15) is 0 Å². The molecule has 10 aromatic carbocycles. The second-order valence-electron chi connectivity index (χ2n) is 18.6. The molecule has 0 aliphatic carbocycles. The van der Waals surface area contributed by atoms with Crippen LogP contribution in [0.4, 0.5) is 34.1 Å². The largest absolute Gasteiger partial charge is 0.308 e. The number of para-hydroxylation sites is 4. The van der Waals surface area contributed by atoms with Crippen LogP contribution in [0.3, 0.4) is 0 Å². The summed E-state index contributed by atoms with van der Waals surface area (Å²) in [5.41, 5.74) is 17.5. The molecule has 6 nitrogen and oxygen atoms in total. The van der Waals surface area contributed by atoms with E-state index in [9.17, 15) is 0 Å². The van der Waals surface area contributed by atoms with Gasteiger partial charge >= 0.3 is 0 Å². The van der Waals surface area contributed by atoms with Crippen molar-refractivity contribution in [1.82, 2.24) is 19.9 Å². The second kappa shape index (κ2) is 19.5.